The quantitative estimate of drug-likeness (QED) is 0.703. The van der Waals surface area contributed by atoms with E-state index in [1.807, 2.05) is 13.0 Å². The molecule has 1 amide bonds. The minimum absolute atomic E-state index is 0.287. The Labute approximate surface area is 87.7 Å². The Bertz CT molecular complexity index is 314. The molecule has 0 aromatic carbocycles. The summed E-state index contributed by atoms with van der Waals surface area (Å²) in [6.45, 7) is 1.91. The maximum Gasteiger partial charge on any atom is 0.260 e. The molecule has 2 aliphatic rings. The highest BCUT2D eigenvalue weighted by molar-refractivity contribution is 5.83. The fourth-order valence-electron chi connectivity index (χ4n) is 1.96. The summed E-state index contributed by atoms with van der Waals surface area (Å²) in [6.07, 6.45) is 6.22. The highest BCUT2D eigenvalue weighted by atomic mass is 19.3. The molecule has 0 bridgehead atoms. The van der Waals surface area contributed by atoms with Crippen molar-refractivity contribution < 1.29 is 13.6 Å². The molecule has 2 rings (SSSR count). The summed E-state index contributed by atoms with van der Waals surface area (Å²) in [5.74, 6) is -4.33. The zero-order valence-electron chi connectivity index (χ0n) is 8.72. The Hall–Kier alpha value is -0.930. The van der Waals surface area contributed by atoms with E-state index in [-0.39, 0.29) is 12.0 Å². The van der Waals surface area contributed by atoms with Gasteiger partial charge in [0.25, 0.3) is 5.92 Å². The summed E-state index contributed by atoms with van der Waals surface area (Å²) in [5, 5.41) is 2.74. The summed E-state index contributed by atoms with van der Waals surface area (Å²) < 4.78 is 25.3. The third-order valence-corrected chi connectivity index (χ3v) is 3.17. The lowest BCUT2D eigenvalue weighted by atomic mass is 9.87. The molecule has 0 radical (unpaired) electrons. The molecule has 15 heavy (non-hydrogen) atoms. The van der Waals surface area contributed by atoms with Crippen molar-refractivity contribution in [3.8, 4) is 0 Å². The minimum Gasteiger partial charge on any atom is -0.350 e. The van der Waals surface area contributed by atoms with Gasteiger partial charge in [0, 0.05) is 12.0 Å². The van der Waals surface area contributed by atoms with E-state index in [1.165, 1.54) is 0 Å². The van der Waals surface area contributed by atoms with Crippen LogP contribution in [0.1, 0.15) is 32.6 Å². The molecule has 0 aromatic rings. The van der Waals surface area contributed by atoms with Crippen LogP contribution in [0.5, 0.6) is 0 Å². The average Bonchev–Trinajstić information content (AvgIpc) is 2.76. The van der Waals surface area contributed by atoms with E-state index in [0.29, 0.717) is 0 Å². The van der Waals surface area contributed by atoms with Gasteiger partial charge in [-0.05, 0) is 26.2 Å². The average molecular weight is 215 g/mol. The lowest BCUT2D eigenvalue weighted by Gasteiger charge is -2.32. The predicted octanol–water partition coefficient (Wildman–Crippen LogP) is 2.26. The van der Waals surface area contributed by atoms with Crippen molar-refractivity contribution in [3.63, 3.8) is 0 Å². The van der Waals surface area contributed by atoms with Gasteiger partial charge < -0.3 is 5.32 Å². The molecular formula is C11H15F2NO. The Kier molecular flexibility index (Phi) is 2.32. The van der Waals surface area contributed by atoms with Gasteiger partial charge in [-0.15, -0.1) is 0 Å². The molecule has 1 N–H and O–H groups in total. The van der Waals surface area contributed by atoms with Crippen LogP contribution in [0.15, 0.2) is 12.2 Å². The number of nitrogens with one attached hydrogen (secondary N) is 1. The van der Waals surface area contributed by atoms with Gasteiger partial charge >= 0.3 is 0 Å². The largest absolute Gasteiger partial charge is 0.350 e. The fraction of sp³-hybridized carbons (Fsp3) is 0.727. The molecule has 0 spiro atoms. The monoisotopic (exact) mass is 215 g/mol. The first-order valence-corrected chi connectivity index (χ1v) is 5.28. The summed E-state index contributed by atoms with van der Waals surface area (Å²) >= 11 is 0. The van der Waals surface area contributed by atoms with Gasteiger partial charge in [0.2, 0.25) is 5.91 Å². The topological polar surface area (TPSA) is 29.1 Å². The van der Waals surface area contributed by atoms with Crippen molar-refractivity contribution in [3.05, 3.63) is 12.2 Å². The zero-order chi connectivity index (χ0) is 11.1. The lowest BCUT2D eigenvalue weighted by molar-refractivity contribution is -0.126. The zero-order valence-corrected chi connectivity index (χ0v) is 8.72. The Morgan fingerprint density at radius 2 is 2.13 bits per heavy atom. The molecule has 0 heterocycles. The third kappa shape index (κ3) is 2.19. The number of carbonyl (C=O) groups excluding carboxylic acids is 1. The van der Waals surface area contributed by atoms with E-state index >= 15 is 0 Å². The van der Waals surface area contributed by atoms with E-state index in [2.05, 4.69) is 11.4 Å². The Morgan fingerprint density at radius 3 is 2.60 bits per heavy atom. The first-order valence-electron chi connectivity index (χ1n) is 5.28. The Balaban J connectivity index is 1.92. The maximum atomic E-state index is 12.7. The third-order valence-electron chi connectivity index (χ3n) is 3.17. The number of halogens is 2. The van der Waals surface area contributed by atoms with E-state index in [1.54, 1.807) is 0 Å². The number of carbonyl (C=O) groups is 1. The number of hydrogen-bond donors (Lipinski definition) is 1. The molecule has 2 nitrogen and oxygen atoms in total. The van der Waals surface area contributed by atoms with Crippen molar-refractivity contribution in [2.45, 2.75) is 44.1 Å². The van der Waals surface area contributed by atoms with Crippen LogP contribution < -0.4 is 5.32 Å². The summed E-state index contributed by atoms with van der Waals surface area (Å²) in [5.41, 5.74) is -0.329. The van der Waals surface area contributed by atoms with Crippen LogP contribution in [0.4, 0.5) is 8.78 Å². The fourth-order valence-corrected chi connectivity index (χ4v) is 1.96. The minimum atomic E-state index is -2.76. The Morgan fingerprint density at radius 1 is 1.47 bits per heavy atom. The highest BCUT2D eigenvalue weighted by Gasteiger charge is 2.61. The second kappa shape index (κ2) is 3.29. The summed E-state index contributed by atoms with van der Waals surface area (Å²) in [6, 6.07) is 0. The smallest absolute Gasteiger partial charge is 0.260 e. The van der Waals surface area contributed by atoms with Gasteiger partial charge in [0.1, 0.15) is 5.92 Å². The van der Waals surface area contributed by atoms with Gasteiger partial charge in [-0.3, -0.25) is 4.79 Å². The van der Waals surface area contributed by atoms with Crippen LogP contribution in [-0.4, -0.2) is 17.4 Å². The van der Waals surface area contributed by atoms with Gasteiger partial charge in [0.15, 0.2) is 0 Å². The molecule has 4 heteroatoms. The predicted molar refractivity (Wildman–Crippen MR) is 52.6 cm³/mol. The van der Waals surface area contributed by atoms with Crippen LogP contribution in [0.3, 0.4) is 0 Å². The van der Waals surface area contributed by atoms with Crippen molar-refractivity contribution in [2.24, 2.45) is 5.92 Å². The normalized spacial score (nSPS) is 37.4. The van der Waals surface area contributed by atoms with Crippen molar-refractivity contribution >= 4 is 5.91 Å². The molecule has 1 fully saturated rings. The molecular weight excluding hydrogens is 200 g/mol. The molecule has 2 aliphatic carbocycles. The molecule has 2 atom stereocenters. The first-order chi connectivity index (χ1) is 6.93. The van der Waals surface area contributed by atoms with Gasteiger partial charge in [-0.25, -0.2) is 8.78 Å². The molecule has 0 unspecified atom stereocenters. The van der Waals surface area contributed by atoms with E-state index < -0.39 is 17.7 Å². The van der Waals surface area contributed by atoms with Crippen molar-refractivity contribution in [2.75, 3.05) is 0 Å². The van der Waals surface area contributed by atoms with E-state index in [0.717, 1.165) is 19.3 Å². The van der Waals surface area contributed by atoms with Crippen molar-refractivity contribution in [1.29, 1.82) is 0 Å². The molecule has 0 aliphatic heterocycles. The van der Waals surface area contributed by atoms with Crippen LogP contribution in [-0.2, 0) is 4.79 Å². The van der Waals surface area contributed by atoms with E-state index in [9.17, 15) is 13.6 Å². The molecule has 0 saturated heterocycles. The highest BCUT2D eigenvalue weighted by Crippen LogP contribution is 2.49. The number of allylic oxidation sites excluding steroid dienone is 1. The molecule has 1 saturated carbocycles. The number of hydrogen-bond acceptors (Lipinski definition) is 1. The van der Waals surface area contributed by atoms with Gasteiger partial charge in [-0.2, -0.15) is 0 Å². The van der Waals surface area contributed by atoms with E-state index in [4.69, 9.17) is 0 Å². The second-order valence-corrected chi connectivity index (χ2v) is 4.78. The summed E-state index contributed by atoms with van der Waals surface area (Å²) in [7, 11) is 0. The number of alkyl halides is 2. The first kappa shape index (κ1) is 10.6. The molecule has 84 valence electrons. The van der Waals surface area contributed by atoms with Crippen LogP contribution in [0, 0.1) is 5.92 Å². The maximum absolute atomic E-state index is 12.7. The van der Waals surface area contributed by atoms with Crippen LogP contribution in [0.25, 0.3) is 0 Å². The van der Waals surface area contributed by atoms with Crippen LogP contribution >= 0.6 is 0 Å². The SMILES string of the molecule is C[C@]1(NC(=O)[C@@H]2CC2(F)F)CC=CCC1. The lowest BCUT2D eigenvalue weighted by Crippen LogP contribution is -2.47. The second-order valence-electron chi connectivity index (χ2n) is 4.78. The van der Waals surface area contributed by atoms with Crippen molar-refractivity contribution in [1.82, 2.24) is 5.32 Å². The van der Waals surface area contributed by atoms with Gasteiger partial charge in [-0.1, -0.05) is 12.2 Å². The standard InChI is InChI=1S/C11H15F2NO/c1-10(5-3-2-4-6-10)14-9(15)8-7-11(8,12)13/h2-3,8H,4-7H2,1H3,(H,14,15)/t8-,10-/m0/s1. The number of rotatable bonds is 2. The number of amides is 1. The van der Waals surface area contributed by atoms with Crippen LogP contribution in [0.2, 0.25) is 0 Å². The summed E-state index contributed by atoms with van der Waals surface area (Å²) in [4.78, 5) is 11.5. The van der Waals surface area contributed by atoms with Gasteiger partial charge in [0.05, 0.1) is 0 Å². The molecule has 0 aromatic heterocycles.